The molecule has 2 aromatic heterocycles. The van der Waals surface area contributed by atoms with Crippen molar-refractivity contribution in [2.75, 3.05) is 0 Å². The molecular weight excluding hydrogens is 278 g/mol. The standard InChI is InChI=1S/C14H14ClN3O2/c15-8-6-12(16-7-8)14(20)18-11-3-1-2-10-9(11)4-5-13(19)17-10/h4-7,11,16H,1-3H2,(H,17,19)(H,18,20). The number of hydrogen-bond acceptors (Lipinski definition) is 2. The van der Waals surface area contributed by atoms with Gasteiger partial charge in [0.25, 0.3) is 5.91 Å². The number of amides is 1. The van der Waals surface area contributed by atoms with E-state index < -0.39 is 0 Å². The van der Waals surface area contributed by atoms with Crippen LogP contribution in [0.15, 0.2) is 29.2 Å². The van der Waals surface area contributed by atoms with E-state index in [4.69, 9.17) is 11.6 Å². The summed E-state index contributed by atoms with van der Waals surface area (Å²) in [6.45, 7) is 0. The number of aromatic nitrogens is 2. The molecule has 104 valence electrons. The number of carbonyl (C=O) groups excluding carboxylic acids is 1. The second-order valence-electron chi connectivity index (χ2n) is 4.91. The van der Waals surface area contributed by atoms with Crippen molar-refractivity contribution < 1.29 is 4.79 Å². The van der Waals surface area contributed by atoms with Crippen LogP contribution in [0, 0.1) is 0 Å². The summed E-state index contributed by atoms with van der Waals surface area (Å²) >= 11 is 5.79. The van der Waals surface area contributed by atoms with Crippen LogP contribution in [0.2, 0.25) is 5.02 Å². The molecule has 1 aliphatic carbocycles. The fraction of sp³-hybridized carbons (Fsp3) is 0.286. The van der Waals surface area contributed by atoms with Gasteiger partial charge >= 0.3 is 0 Å². The fourth-order valence-corrected chi connectivity index (χ4v) is 2.75. The zero-order valence-electron chi connectivity index (χ0n) is 10.7. The van der Waals surface area contributed by atoms with Crippen LogP contribution < -0.4 is 10.9 Å². The molecular formula is C14H14ClN3O2. The Morgan fingerprint density at radius 3 is 3.00 bits per heavy atom. The highest BCUT2D eigenvalue weighted by Gasteiger charge is 2.23. The minimum atomic E-state index is -0.194. The van der Waals surface area contributed by atoms with Crippen LogP contribution in [0.5, 0.6) is 0 Å². The van der Waals surface area contributed by atoms with Crippen LogP contribution in [0.4, 0.5) is 0 Å². The van der Waals surface area contributed by atoms with Crippen molar-refractivity contribution in [3.8, 4) is 0 Å². The molecule has 1 atom stereocenters. The lowest BCUT2D eigenvalue weighted by Crippen LogP contribution is -2.32. The summed E-state index contributed by atoms with van der Waals surface area (Å²) in [5.41, 5.74) is 2.24. The molecule has 1 amide bonds. The maximum absolute atomic E-state index is 12.1. The highest BCUT2D eigenvalue weighted by molar-refractivity contribution is 6.30. The Balaban J connectivity index is 1.83. The van der Waals surface area contributed by atoms with Gasteiger partial charge in [-0.25, -0.2) is 0 Å². The van der Waals surface area contributed by atoms with Crippen molar-refractivity contribution >= 4 is 17.5 Å². The molecule has 0 aliphatic heterocycles. The van der Waals surface area contributed by atoms with Gasteiger partial charge in [0.15, 0.2) is 0 Å². The largest absolute Gasteiger partial charge is 0.356 e. The number of fused-ring (bicyclic) bond motifs is 1. The van der Waals surface area contributed by atoms with Crippen molar-refractivity contribution in [2.24, 2.45) is 0 Å². The second kappa shape index (κ2) is 5.17. The average molecular weight is 292 g/mol. The molecule has 0 spiro atoms. The maximum atomic E-state index is 12.1. The highest BCUT2D eigenvalue weighted by Crippen LogP contribution is 2.27. The van der Waals surface area contributed by atoms with Crippen molar-refractivity contribution in [3.63, 3.8) is 0 Å². The number of pyridine rings is 1. The molecule has 2 aromatic rings. The predicted octanol–water partition coefficient (Wildman–Crippen LogP) is 2.16. The third-order valence-electron chi connectivity index (χ3n) is 3.53. The van der Waals surface area contributed by atoms with E-state index in [1.807, 2.05) is 0 Å². The van der Waals surface area contributed by atoms with E-state index in [1.165, 1.54) is 6.07 Å². The van der Waals surface area contributed by atoms with Gasteiger partial charge in [0, 0.05) is 18.0 Å². The van der Waals surface area contributed by atoms with Crippen LogP contribution >= 0.6 is 11.6 Å². The lowest BCUT2D eigenvalue weighted by Gasteiger charge is -2.25. The van der Waals surface area contributed by atoms with Crippen LogP contribution in [-0.2, 0) is 6.42 Å². The summed E-state index contributed by atoms with van der Waals surface area (Å²) < 4.78 is 0. The Bertz CT molecular complexity index is 704. The van der Waals surface area contributed by atoms with Crippen LogP contribution in [0.25, 0.3) is 0 Å². The van der Waals surface area contributed by atoms with E-state index in [0.717, 1.165) is 30.5 Å². The van der Waals surface area contributed by atoms with E-state index in [-0.39, 0.29) is 17.5 Å². The number of rotatable bonds is 2. The molecule has 0 bridgehead atoms. The lowest BCUT2D eigenvalue weighted by atomic mass is 9.91. The number of aromatic amines is 2. The number of aryl methyl sites for hydroxylation is 1. The van der Waals surface area contributed by atoms with E-state index in [2.05, 4.69) is 15.3 Å². The molecule has 0 radical (unpaired) electrons. The van der Waals surface area contributed by atoms with E-state index in [9.17, 15) is 9.59 Å². The van der Waals surface area contributed by atoms with Gasteiger partial charge in [0.05, 0.1) is 11.1 Å². The van der Waals surface area contributed by atoms with Gasteiger partial charge in [-0.1, -0.05) is 11.6 Å². The van der Waals surface area contributed by atoms with Crippen molar-refractivity contribution in [1.82, 2.24) is 15.3 Å². The summed E-state index contributed by atoms with van der Waals surface area (Å²) in [5.74, 6) is -0.194. The van der Waals surface area contributed by atoms with Gasteiger partial charge in [-0.05, 0) is 37.0 Å². The monoisotopic (exact) mass is 291 g/mol. The Kier molecular flexibility index (Phi) is 3.36. The van der Waals surface area contributed by atoms with E-state index in [0.29, 0.717) is 10.7 Å². The van der Waals surface area contributed by atoms with Gasteiger partial charge < -0.3 is 15.3 Å². The minimum Gasteiger partial charge on any atom is -0.356 e. The van der Waals surface area contributed by atoms with E-state index >= 15 is 0 Å². The zero-order valence-corrected chi connectivity index (χ0v) is 11.5. The molecule has 0 fully saturated rings. The molecule has 1 aliphatic rings. The molecule has 0 aromatic carbocycles. The van der Waals surface area contributed by atoms with Crippen molar-refractivity contribution in [1.29, 1.82) is 0 Å². The molecule has 5 nitrogen and oxygen atoms in total. The van der Waals surface area contributed by atoms with Gasteiger partial charge in [0.1, 0.15) is 5.69 Å². The number of carbonyl (C=O) groups is 1. The molecule has 2 heterocycles. The SMILES string of the molecule is O=C(NC1CCCc2[nH]c(=O)ccc21)c1cc(Cl)c[nH]1. The molecule has 1 unspecified atom stereocenters. The summed E-state index contributed by atoms with van der Waals surface area (Å²) in [7, 11) is 0. The number of H-pyrrole nitrogens is 2. The summed E-state index contributed by atoms with van der Waals surface area (Å²) in [6.07, 6.45) is 4.21. The van der Waals surface area contributed by atoms with Crippen LogP contribution in [-0.4, -0.2) is 15.9 Å². The van der Waals surface area contributed by atoms with Gasteiger partial charge in [0.2, 0.25) is 5.56 Å². The summed E-state index contributed by atoms with van der Waals surface area (Å²) in [5, 5.41) is 3.48. The molecule has 0 saturated heterocycles. The van der Waals surface area contributed by atoms with Crippen molar-refractivity contribution in [3.05, 3.63) is 56.7 Å². The first-order valence-electron chi connectivity index (χ1n) is 6.50. The number of nitrogens with one attached hydrogen (secondary N) is 3. The topological polar surface area (TPSA) is 77.8 Å². The highest BCUT2D eigenvalue weighted by atomic mass is 35.5. The Morgan fingerprint density at radius 2 is 2.25 bits per heavy atom. The summed E-state index contributed by atoms with van der Waals surface area (Å²) in [6, 6.07) is 4.80. The maximum Gasteiger partial charge on any atom is 0.268 e. The third kappa shape index (κ3) is 2.49. The smallest absolute Gasteiger partial charge is 0.268 e. The fourth-order valence-electron chi connectivity index (χ4n) is 2.59. The van der Waals surface area contributed by atoms with Crippen LogP contribution in [0.3, 0.4) is 0 Å². The van der Waals surface area contributed by atoms with Gasteiger partial charge in [-0.3, -0.25) is 9.59 Å². The van der Waals surface area contributed by atoms with Crippen molar-refractivity contribution in [2.45, 2.75) is 25.3 Å². The zero-order chi connectivity index (χ0) is 14.1. The Morgan fingerprint density at radius 1 is 1.40 bits per heavy atom. The third-order valence-corrected chi connectivity index (χ3v) is 3.75. The normalized spacial score (nSPS) is 17.6. The number of halogens is 1. The molecule has 3 rings (SSSR count). The first-order valence-corrected chi connectivity index (χ1v) is 6.88. The quantitative estimate of drug-likeness (QED) is 0.793. The molecule has 20 heavy (non-hydrogen) atoms. The average Bonchev–Trinajstić information content (AvgIpc) is 2.85. The lowest BCUT2D eigenvalue weighted by molar-refractivity contribution is 0.0928. The Hall–Kier alpha value is -2.01. The van der Waals surface area contributed by atoms with Gasteiger partial charge in [-0.15, -0.1) is 0 Å². The molecule has 6 heteroatoms. The first kappa shape index (κ1) is 13.0. The van der Waals surface area contributed by atoms with E-state index in [1.54, 1.807) is 18.3 Å². The van der Waals surface area contributed by atoms with Gasteiger partial charge in [-0.2, -0.15) is 0 Å². The minimum absolute atomic E-state index is 0.0785. The molecule has 3 N–H and O–H groups in total. The number of hydrogen-bond donors (Lipinski definition) is 3. The first-order chi connectivity index (χ1) is 9.63. The van der Waals surface area contributed by atoms with Crippen LogP contribution in [0.1, 0.15) is 40.6 Å². The Labute approximate surface area is 120 Å². The predicted molar refractivity (Wildman–Crippen MR) is 76.0 cm³/mol. The second-order valence-corrected chi connectivity index (χ2v) is 5.34. The summed E-state index contributed by atoms with van der Waals surface area (Å²) in [4.78, 5) is 29.1. The molecule has 0 saturated carbocycles.